The molecule has 0 unspecified atom stereocenters. The van der Waals surface area contributed by atoms with E-state index in [9.17, 15) is 4.79 Å². The van der Waals surface area contributed by atoms with Crippen LogP contribution >= 0.6 is 0 Å². The second kappa shape index (κ2) is 4.65. The first kappa shape index (κ1) is 11.1. The van der Waals surface area contributed by atoms with Crippen LogP contribution in [0.4, 0.5) is 5.82 Å². The fourth-order valence-electron chi connectivity index (χ4n) is 1.96. The van der Waals surface area contributed by atoms with Crippen LogP contribution in [0.2, 0.25) is 0 Å². The van der Waals surface area contributed by atoms with E-state index in [1.807, 2.05) is 6.92 Å². The summed E-state index contributed by atoms with van der Waals surface area (Å²) in [5, 5.41) is 3.22. The van der Waals surface area contributed by atoms with Gasteiger partial charge in [0.2, 0.25) is 0 Å². The fourth-order valence-corrected chi connectivity index (χ4v) is 1.96. The molecular formula is C11H18N4O. The second-order valence-corrected chi connectivity index (χ2v) is 3.94. The lowest BCUT2D eigenvalue weighted by atomic mass is 10.1. The Kier molecular flexibility index (Phi) is 3.24. The van der Waals surface area contributed by atoms with Crippen molar-refractivity contribution in [3.8, 4) is 0 Å². The van der Waals surface area contributed by atoms with Crippen molar-refractivity contribution in [2.45, 2.75) is 26.4 Å². The minimum atomic E-state index is 0.0127. The number of hydrogen-bond acceptors (Lipinski definition) is 4. The molecule has 1 aromatic heterocycles. The summed E-state index contributed by atoms with van der Waals surface area (Å²) in [7, 11) is 0. The standard InChI is InChI=1S/C11H18N4O/c1-3-14-6-5-13-10(11(14)16)15(4-2)9-7-12-8-9/h5-6,9,12H,3-4,7-8H2,1-2H3. The van der Waals surface area contributed by atoms with Gasteiger partial charge in [-0.3, -0.25) is 4.79 Å². The third kappa shape index (κ3) is 1.82. The first-order valence-electron chi connectivity index (χ1n) is 5.80. The molecule has 1 aliphatic rings. The summed E-state index contributed by atoms with van der Waals surface area (Å²) in [6.45, 7) is 7.41. The van der Waals surface area contributed by atoms with Crippen LogP contribution in [-0.2, 0) is 6.54 Å². The number of likely N-dealkylation sites (N-methyl/N-ethyl adjacent to an activating group) is 1. The number of aryl methyl sites for hydroxylation is 1. The predicted octanol–water partition coefficient (Wildman–Crippen LogP) is 0.0613. The van der Waals surface area contributed by atoms with Crippen molar-refractivity contribution >= 4 is 5.82 Å². The van der Waals surface area contributed by atoms with Crippen molar-refractivity contribution in [3.05, 3.63) is 22.7 Å². The molecule has 0 saturated carbocycles. The Bertz CT molecular complexity index is 411. The van der Waals surface area contributed by atoms with E-state index < -0.39 is 0 Å². The van der Waals surface area contributed by atoms with E-state index in [0.717, 1.165) is 19.6 Å². The van der Waals surface area contributed by atoms with Crippen molar-refractivity contribution in [3.63, 3.8) is 0 Å². The lowest BCUT2D eigenvalue weighted by molar-refractivity contribution is 0.413. The molecule has 2 rings (SSSR count). The maximum Gasteiger partial charge on any atom is 0.293 e. The van der Waals surface area contributed by atoms with Crippen LogP contribution in [0.15, 0.2) is 17.2 Å². The van der Waals surface area contributed by atoms with Crippen molar-refractivity contribution in [1.82, 2.24) is 14.9 Å². The van der Waals surface area contributed by atoms with Crippen LogP contribution in [0.1, 0.15) is 13.8 Å². The molecule has 5 nitrogen and oxygen atoms in total. The van der Waals surface area contributed by atoms with Gasteiger partial charge in [-0.25, -0.2) is 4.98 Å². The molecule has 88 valence electrons. The molecule has 0 radical (unpaired) electrons. The zero-order valence-corrected chi connectivity index (χ0v) is 9.81. The third-order valence-corrected chi connectivity index (χ3v) is 3.05. The van der Waals surface area contributed by atoms with Crippen LogP contribution in [0.25, 0.3) is 0 Å². The monoisotopic (exact) mass is 222 g/mol. The predicted molar refractivity (Wildman–Crippen MR) is 63.8 cm³/mol. The van der Waals surface area contributed by atoms with Crippen LogP contribution < -0.4 is 15.8 Å². The van der Waals surface area contributed by atoms with Gasteiger partial charge in [-0.05, 0) is 13.8 Å². The van der Waals surface area contributed by atoms with Crippen molar-refractivity contribution < 1.29 is 0 Å². The number of nitrogens with zero attached hydrogens (tertiary/aromatic N) is 3. The van der Waals surface area contributed by atoms with Crippen molar-refractivity contribution in [1.29, 1.82) is 0 Å². The second-order valence-electron chi connectivity index (χ2n) is 3.94. The molecule has 1 saturated heterocycles. The molecule has 1 fully saturated rings. The molecule has 0 aliphatic carbocycles. The van der Waals surface area contributed by atoms with Crippen molar-refractivity contribution in [2.75, 3.05) is 24.5 Å². The van der Waals surface area contributed by atoms with Gasteiger partial charge in [0.15, 0.2) is 5.82 Å². The van der Waals surface area contributed by atoms with Gasteiger partial charge in [-0.15, -0.1) is 0 Å². The molecule has 1 aromatic rings. The van der Waals surface area contributed by atoms with Gasteiger partial charge in [0.1, 0.15) is 0 Å². The summed E-state index contributed by atoms with van der Waals surface area (Å²) in [6.07, 6.45) is 3.44. The zero-order valence-electron chi connectivity index (χ0n) is 9.81. The topological polar surface area (TPSA) is 50.2 Å². The number of hydrogen-bond donors (Lipinski definition) is 1. The van der Waals surface area contributed by atoms with E-state index in [0.29, 0.717) is 18.4 Å². The first-order valence-corrected chi connectivity index (χ1v) is 5.80. The van der Waals surface area contributed by atoms with E-state index in [-0.39, 0.29) is 5.56 Å². The molecule has 1 aliphatic heterocycles. The Labute approximate surface area is 95.1 Å². The van der Waals surface area contributed by atoms with Gasteiger partial charge >= 0.3 is 0 Å². The Balaban J connectivity index is 2.33. The number of rotatable bonds is 4. The Hall–Kier alpha value is -1.36. The first-order chi connectivity index (χ1) is 7.77. The SMILES string of the molecule is CCN(c1nccn(CC)c1=O)C1CNC1. The lowest BCUT2D eigenvalue weighted by Gasteiger charge is -2.38. The summed E-state index contributed by atoms with van der Waals surface area (Å²) in [5.74, 6) is 0.582. The minimum absolute atomic E-state index is 0.0127. The highest BCUT2D eigenvalue weighted by molar-refractivity contribution is 5.38. The minimum Gasteiger partial charge on any atom is -0.347 e. The van der Waals surface area contributed by atoms with E-state index in [1.165, 1.54) is 0 Å². The van der Waals surface area contributed by atoms with Crippen LogP contribution in [0.5, 0.6) is 0 Å². The average Bonchev–Trinajstić information content (AvgIpc) is 2.24. The smallest absolute Gasteiger partial charge is 0.293 e. The molecule has 0 spiro atoms. The molecule has 0 atom stereocenters. The molecule has 0 aromatic carbocycles. The van der Waals surface area contributed by atoms with Gasteiger partial charge in [-0.1, -0.05) is 0 Å². The van der Waals surface area contributed by atoms with Gasteiger partial charge in [0.05, 0.1) is 6.04 Å². The fraction of sp³-hybridized carbons (Fsp3) is 0.636. The Morgan fingerprint density at radius 2 is 2.31 bits per heavy atom. The van der Waals surface area contributed by atoms with Crippen LogP contribution in [0, 0.1) is 0 Å². The molecule has 1 N–H and O–H groups in total. The molecule has 0 amide bonds. The summed E-state index contributed by atoms with van der Waals surface area (Å²) in [5.41, 5.74) is 0.0127. The summed E-state index contributed by atoms with van der Waals surface area (Å²) < 4.78 is 1.69. The van der Waals surface area contributed by atoms with Crippen molar-refractivity contribution in [2.24, 2.45) is 0 Å². The highest BCUT2D eigenvalue weighted by atomic mass is 16.1. The summed E-state index contributed by atoms with van der Waals surface area (Å²) >= 11 is 0. The molecule has 2 heterocycles. The highest BCUT2D eigenvalue weighted by Crippen LogP contribution is 2.11. The maximum atomic E-state index is 12.1. The normalized spacial score (nSPS) is 15.9. The van der Waals surface area contributed by atoms with E-state index in [2.05, 4.69) is 22.1 Å². The summed E-state index contributed by atoms with van der Waals surface area (Å²) in [4.78, 5) is 18.4. The van der Waals surface area contributed by atoms with E-state index in [1.54, 1.807) is 17.0 Å². The van der Waals surface area contributed by atoms with E-state index in [4.69, 9.17) is 0 Å². The maximum absolute atomic E-state index is 12.1. The summed E-state index contributed by atoms with van der Waals surface area (Å²) in [6, 6.07) is 0.415. The lowest BCUT2D eigenvalue weighted by Crippen LogP contribution is -2.58. The third-order valence-electron chi connectivity index (χ3n) is 3.05. The van der Waals surface area contributed by atoms with E-state index >= 15 is 0 Å². The van der Waals surface area contributed by atoms with Crippen LogP contribution in [0.3, 0.4) is 0 Å². The number of anilines is 1. The molecule has 16 heavy (non-hydrogen) atoms. The quantitative estimate of drug-likeness (QED) is 0.783. The largest absolute Gasteiger partial charge is 0.347 e. The molecule has 5 heteroatoms. The van der Waals surface area contributed by atoms with Gasteiger partial charge < -0.3 is 14.8 Å². The van der Waals surface area contributed by atoms with Crippen LogP contribution in [-0.4, -0.2) is 35.2 Å². The zero-order chi connectivity index (χ0) is 11.5. The highest BCUT2D eigenvalue weighted by Gasteiger charge is 2.26. The number of nitrogens with one attached hydrogen (secondary N) is 1. The van der Waals surface area contributed by atoms with Gasteiger partial charge in [0, 0.05) is 38.6 Å². The average molecular weight is 222 g/mol. The Morgan fingerprint density at radius 1 is 1.56 bits per heavy atom. The molecule has 0 bridgehead atoms. The van der Waals surface area contributed by atoms with Gasteiger partial charge in [0.25, 0.3) is 5.56 Å². The molecular weight excluding hydrogens is 204 g/mol. The Morgan fingerprint density at radius 3 is 2.81 bits per heavy atom. The van der Waals surface area contributed by atoms with Gasteiger partial charge in [-0.2, -0.15) is 0 Å². The number of aromatic nitrogens is 2.